The summed E-state index contributed by atoms with van der Waals surface area (Å²) in [5.41, 5.74) is 5.26. The van der Waals surface area contributed by atoms with Gasteiger partial charge in [0.25, 0.3) is 0 Å². The average Bonchev–Trinajstić information content (AvgIpc) is 3.07. The van der Waals surface area contributed by atoms with E-state index >= 15 is 0 Å². The van der Waals surface area contributed by atoms with Crippen LogP contribution in [-0.4, -0.2) is 33.0 Å². The Morgan fingerprint density at radius 2 is 1.95 bits per heavy atom. The number of hydrogen-bond donors (Lipinski definition) is 3. The van der Waals surface area contributed by atoms with Crippen molar-refractivity contribution in [3.05, 3.63) is 16.6 Å². The Bertz CT molecular complexity index is 567. The molecule has 0 saturated carbocycles. The Morgan fingerprint density at radius 3 is 2.67 bits per heavy atom. The van der Waals surface area contributed by atoms with Crippen molar-refractivity contribution in [2.75, 3.05) is 28.7 Å². The van der Waals surface area contributed by atoms with E-state index in [1.807, 2.05) is 5.38 Å². The molecule has 0 radical (unpaired) electrons. The van der Waals surface area contributed by atoms with Gasteiger partial charge in [0.05, 0.1) is 17.7 Å². The fourth-order valence-corrected chi connectivity index (χ4v) is 2.80. The SMILES string of the molecule is NNc1nc(NCc2cscn2)nc(N2CCCCC2)n1. The van der Waals surface area contributed by atoms with Crippen molar-refractivity contribution in [1.29, 1.82) is 0 Å². The minimum Gasteiger partial charge on any atom is -0.348 e. The Labute approximate surface area is 126 Å². The summed E-state index contributed by atoms with van der Waals surface area (Å²) in [5.74, 6) is 6.99. The predicted octanol–water partition coefficient (Wildman–Crippen LogP) is 1.22. The Kier molecular flexibility index (Phi) is 4.41. The first-order valence-electron chi connectivity index (χ1n) is 6.94. The Hall–Kier alpha value is -2.00. The lowest BCUT2D eigenvalue weighted by Crippen LogP contribution is -2.31. The van der Waals surface area contributed by atoms with Gasteiger partial charge in [0.2, 0.25) is 17.8 Å². The van der Waals surface area contributed by atoms with Crippen molar-refractivity contribution in [3.63, 3.8) is 0 Å². The zero-order chi connectivity index (χ0) is 14.5. The van der Waals surface area contributed by atoms with Gasteiger partial charge in [-0.2, -0.15) is 15.0 Å². The van der Waals surface area contributed by atoms with Crippen molar-refractivity contribution < 1.29 is 0 Å². The van der Waals surface area contributed by atoms with Crippen molar-refractivity contribution in [3.8, 4) is 0 Å². The molecule has 3 rings (SSSR count). The minimum absolute atomic E-state index is 0.367. The van der Waals surface area contributed by atoms with Crippen LogP contribution >= 0.6 is 11.3 Å². The van der Waals surface area contributed by atoms with Gasteiger partial charge in [-0.05, 0) is 19.3 Å². The molecule has 3 heterocycles. The summed E-state index contributed by atoms with van der Waals surface area (Å²) in [6.45, 7) is 2.52. The van der Waals surface area contributed by atoms with E-state index in [9.17, 15) is 0 Å². The van der Waals surface area contributed by atoms with Crippen molar-refractivity contribution in [2.24, 2.45) is 5.84 Å². The number of hydrazine groups is 1. The Balaban J connectivity index is 1.75. The van der Waals surface area contributed by atoms with Gasteiger partial charge >= 0.3 is 0 Å². The highest BCUT2D eigenvalue weighted by atomic mass is 32.1. The third-order valence-electron chi connectivity index (χ3n) is 3.30. The number of hydrogen-bond acceptors (Lipinski definition) is 9. The van der Waals surface area contributed by atoms with Crippen molar-refractivity contribution in [2.45, 2.75) is 25.8 Å². The molecule has 1 saturated heterocycles. The summed E-state index contributed by atoms with van der Waals surface area (Å²) in [6.07, 6.45) is 3.59. The molecule has 9 heteroatoms. The van der Waals surface area contributed by atoms with Gasteiger partial charge in [0.1, 0.15) is 0 Å². The summed E-state index contributed by atoms with van der Waals surface area (Å²) in [7, 11) is 0. The molecule has 0 atom stereocenters. The number of rotatable bonds is 5. The summed E-state index contributed by atoms with van der Waals surface area (Å²) in [4.78, 5) is 19.4. The number of nitrogens with zero attached hydrogens (tertiary/aromatic N) is 5. The molecule has 0 unspecified atom stereocenters. The number of nitrogen functional groups attached to an aromatic ring is 1. The fraction of sp³-hybridized carbons (Fsp3) is 0.500. The number of anilines is 3. The molecule has 1 aliphatic rings. The molecule has 8 nitrogen and oxygen atoms in total. The van der Waals surface area contributed by atoms with Gasteiger partial charge in [-0.1, -0.05) is 0 Å². The first kappa shape index (κ1) is 14.0. The van der Waals surface area contributed by atoms with Gasteiger partial charge in [-0.25, -0.2) is 10.8 Å². The number of piperidine rings is 1. The molecule has 0 spiro atoms. The maximum atomic E-state index is 5.45. The van der Waals surface area contributed by atoms with E-state index in [-0.39, 0.29) is 0 Å². The lowest BCUT2D eigenvalue weighted by molar-refractivity contribution is 0.568. The van der Waals surface area contributed by atoms with Crippen molar-refractivity contribution in [1.82, 2.24) is 19.9 Å². The predicted molar refractivity (Wildman–Crippen MR) is 83.1 cm³/mol. The number of nitrogens with one attached hydrogen (secondary N) is 2. The topological polar surface area (TPSA) is 105 Å². The zero-order valence-electron chi connectivity index (χ0n) is 11.6. The van der Waals surface area contributed by atoms with E-state index < -0.39 is 0 Å². The van der Waals surface area contributed by atoms with Gasteiger partial charge in [0.15, 0.2) is 0 Å². The van der Waals surface area contributed by atoms with E-state index in [1.165, 1.54) is 19.3 Å². The second kappa shape index (κ2) is 6.64. The molecule has 2 aromatic heterocycles. The molecular weight excluding hydrogens is 288 g/mol. The minimum atomic E-state index is 0.367. The zero-order valence-corrected chi connectivity index (χ0v) is 12.4. The van der Waals surface area contributed by atoms with Crippen LogP contribution in [0.1, 0.15) is 25.0 Å². The fourth-order valence-electron chi connectivity index (χ4n) is 2.24. The van der Waals surface area contributed by atoms with E-state index in [0.717, 1.165) is 18.8 Å². The molecule has 0 bridgehead atoms. The second-order valence-corrected chi connectivity index (χ2v) is 5.53. The maximum absolute atomic E-state index is 5.45. The summed E-state index contributed by atoms with van der Waals surface area (Å²) < 4.78 is 0. The molecule has 1 aliphatic heterocycles. The van der Waals surface area contributed by atoms with Crippen LogP contribution in [0.5, 0.6) is 0 Å². The third kappa shape index (κ3) is 3.56. The third-order valence-corrected chi connectivity index (χ3v) is 3.94. The van der Waals surface area contributed by atoms with Crippen LogP contribution in [-0.2, 0) is 6.54 Å². The lowest BCUT2D eigenvalue weighted by atomic mass is 10.1. The van der Waals surface area contributed by atoms with Gasteiger partial charge < -0.3 is 10.2 Å². The summed E-state index contributed by atoms with van der Waals surface area (Å²) >= 11 is 1.56. The highest BCUT2D eigenvalue weighted by molar-refractivity contribution is 7.07. The number of aromatic nitrogens is 4. The van der Waals surface area contributed by atoms with Crippen LogP contribution in [0, 0.1) is 0 Å². The molecule has 21 heavy (non-hydrogen) atoms. The highest BCUT2D eigenvalue weighted by Crippen LogP contribution is 2.18. The van der Waals surface area contributed by atoms with Crippen molar-refractivity contribution >= 4 is 29.2 Å². The molecular formula is C12H18N8S. The maximum Gasteiger partial charge on any atom is 0.243 e. The van der Waals surface area contributed by atoms with E-state index in [0.29, 0.717) is 24.4 Å². The monoisotopic (exact) mass is 306 g/mol. The van der Waals surface area contributed by atoms with Gasteiger partial charge in [0, 0.05) is 18.5 Å². The van der Waals surface area contributed by atoms with Crippen LogP contribution in [0.4, 0.5) is 17.8 Å². The summed E-state index contributed by atoms with van der Waals surface area (Å²) in [6, 6.07) is 0. The molecule has 0 aromatic carbocycles. The quantitative estimate of drug-likeness (QED) is 0.559. The highest BCUT2D eigenvalue weighted by Gasteiger charge is 2.16. The van der Waals surface area contributed by atoms with Crippen LogP contribution < -0.4 is 21.5 Å². The second-order valence-electron chi connectivity index (χ2n) is 4.81. The molecule has 0 amide bonds. The normalized spacial score (nSPS) is 15.0. The van der Waals surface area contributed by atoms with E-state index in [2.05, 4.69) is 35.6 Å². The van der Waals surface area contributed by atoms with Gasteiger partial charge in [-0.15, -0.1) is 11.3 Å². The molecule has 1 fully saturated rings. The molecule has 0 aliphatic carbocycles. The lowest BCUT2D eigenvalue weighted by Gasteiger charge is -2.26. The first-order valence-corrected chi connectivity index (χ1v) is 7.88. The molecule has 4 N–H and O–H groups in total. The largest absolute Gasteiger partial charge is 0.348 e. The molecule has 2 aromatic rings. The van der Waals surface area contributed by atoms with Crippen LogP contribution in [0.25, 0.3) is 0 Å². The Morgan fingerprint density at radius 1 is 1.14 bits per heavy atom. The smallest absolute Gasteiger partial charge is 0.243 e. The van der Waals surface area contributed by atoms with E-state index in [1.54, 1.807) is 16.8 Å². The van der Waals surface area contributed by atoms with Gasteiger partial charge in [-0.3, -0.25) is 5.43 Å². The molecule has 112 valence electrons. The number of nitrogens with two attached hydrogens (primary N) is 1. The van der Waals surface area contributed by atoms with Crippen LogP contribution in [0.2, 0.25) is 0 Å². The van der Waals surface area contributed by atoms with Crippen LogP contribution in [0.15, 0.2) is 10.9 Å². The number of thiazole rings is 1. The van der Waals surface area contributed by atoms with Crippen LogP contribution in [0.3, 0.4) is 0 Å². The standard InChI is InChI=1S/C12H18N8S/c13-19-11-16-10(14-6-9-7-21-8-15-9)17-12(18-11)20-4-2-1-3-5-20/h7-8H,1-6,13H2,(H2,14,16,17,18,19). The van der Waals surface area contributed by atoms with E-state index in [4.69, 9.17) is 5.84 Å². The first-order chi connectivity index (χ1) is 10.3. The summed E-state index contributed by atoms with van der Waals surface area (Å²) in [5, 5.41) is 5.15. The average molecular weight is 306 g/mol.